The van der Waals surface area contributed by atoms with E-state index in [4.69, 9.17) is 9.47 Å². The van der Waals surface area contributed by atoms with Crippen molar-refractivity contribution in [3.8, 4) is 0 Å². The number of rotatable bonds is 6. The van der Waals surface area contributed by atoms with E-state index in [0.29, 0.717) is 13.2 Å². The highest BCUT2D eigenvalue weighted by molar-refractivity contribution is 5.74. The zero-order valence-corrected chi connectivity index (χ0v) is 18.0. The van der Waals surface area contributed by atoms with E-state index < -0.39 is 0 Å². The summed E-state index contributed by atoms with van der Waals surface area (Å²) in [5.74, 6) is -0.299. The predicted octanol–water partition coefficient (Wildman–Crippen LogP) is 3.87. The summed E-state index contributed by atoms with van der Waals surface area (Å²) in [6.45, 7) is 5.37. The van der Waals surface area contributed by atoms with Gasteiger partial charge in [0.25, 0.3) is 0 Å². The summed E-state index contributed by atoms with van der Waals surface area (Å²) < 4.78 is 13.1. The molecule has 0 saturated heterocycles. The van der Waals surface area contributed by atoms with E-state index in [-0.39, 0.29) is 23.8 Å². The summed E-state index contributed by atoms with van der Waals surface area (Å²) in [6.07, 6.45) is 4.87. The van der Waals surface area contributed by atoms with Crippen LogP contribution in [-0.2, 0) is 51.3 Å². The van der Waals surface area contributed by atoms with Gasteiger partial charge < -0.3 is 14.0 Å². The molecular formula is C25H31NO4. The topological polar surface area (TPSA) is 57.5 Å². The molecule has 0 bridgehead atoms. The molecule has 2 aromatic rings. The highest BCUT2D eigenvalue weighted by Gasteiger charge is 2.36. The normalized spacial score (nSPS) is 20.2. The molecule has 0 aliphatic heterocycles. The predicted molar refractivity (Wildman–Crippen MR) is 114 cm³/mol. The molecule has 0 N–H and O–H groups in total. The van der Waals surface area contributed by atoms with Gasteiger partial charge >= 0.3 is 11.9 Å². The van der Waals surface area contributed by atoms with Crippen LogP contribution in [0.1, 0.15) is 54.8 Å². The Morgan fingerprint density at radius 3 is 2.17 bits per heavy atom. The van der Waals surface area contributed by atoms with Crippen LogP contribution < -0.4 is 0 Å². The first kappa shape index (κ1) is 20.7. The molecule has 0 fully saturated rings. The zero-order valence-electron chi connectivity index (χ0n) is 18.0. The lowest BCUT2D eigenvalue weighted by atomic mass is 9.81. The average molecular weight is 410 g/mol. The molecule has 0 spiro atoms. The maximum absolute atomic E-state index is 12.4. The van der Waals surface area contributed by atoms with E-state index in [1.165, 1.54) is 28.1 Å². The van der Waals surface area contributed by atoms with Gasteiger partial charge in [0.15, 0.2) is 0 Å². The molecule has 0 radical (unpaired) electrons. The molecule has 0 saturated carbocycles. The number of nitrogens with zero attached hydrogens (tertiary/aromatic N) is 1. The monoisotopic (exact) mass is 409 g/mol. The summed E-state index contributed by atoms with van der Waals surface area (Å²) in [5, 5.41) is 0. The van der Waals surface area contributed by atoms with Crippen molar-refractivity contribution in [2.24, 2.45) is 11.8 Å². The fraction of sp³-hybridized carbons (Fsp3) is 0.520. The lowest BCUT2D eigenvalue weighted by Crippen LogP contribution is -2.26. The highest BCUT2D eigenvalue weighted by atomic mass is 16.5. The maximum atomic E-state index is 12.4. The number of hydrogen-bond donors (Lipinski definition) is 0. The van der Waals surface area contributed by atoms with Crippen LogP contribution in [0.5, 0.6) is 0 Å². The first-order valence-corrected chi connectivity index (χ1v) is 11.2. The summed E-state index contributed by atoms with van der Waals surface area (Å²) >= 11 is 0. The van der Waals surface area contributed by atoms with E-state index in [2.05, 4.69) is 28.8 Å². The third kappa shape index (κ3) is 4.03. The highest BCUT2D eigenvalue weighted by Crippen LogP contribution is 2.39. The van der Waals surface area contributed by atoms with Crippen LogP contribution in [0.4, 0.5) is 0 Å². The summed E-state index contributed by atoms with van der Waals surface area (Å²) in [7, 11) is 0. The van der Waals surface area contributed by atoms with Gasteiger partial charge in [0.2, 0.25) is 0 Å². The number of ether oxygens (including phenoxy) is 2. The Morgan fingerprint density at radius 2 is 1.50 bits per heavy atom. The minimum absolute atomic E-state index is 0.0584. The van der Waals surface area contributed by atoms with Crippen molar-refractivity contribution in [1.29, 1.82) is 0 Å². The van der Waals surface area contributed by atoms with Crippen molar-refractivity contribution < 1.29 is 19.1 Å². The SMILES string of the molecule is CCOC(=O)C1CCc2c(c3c(n2Cc2ccccc2)CC(C(=O)OCC)CC3)C1. The molecule has 4 rings (SSSR count). The van der Waals surface area contributed by atoms with E-state index in [1.807, 2.05) is 19.9 Å². The van der Waals surface area contributed by atoms with Gasteiger partial charge in [0, 0.05) is 24.4 Å². The molecular weight excluding hydrogens is 378 g/mol. The Labute approximate surface area is 178 Å². The fourth-order valence-electron chi connectivity index (χ4n) is 5.09. The molecule has 2 unspecified atom stereocenters. The van der Waals surface area contributed by atoms with Gasteiger partial charge in [-0.1, -0.05) is 30.3 Å². The summed E-state index contributed by atoms with van der Waals surface area (Å²) in [4.78, 5) is 24.8. The molecule has 5 heteroatoms. The first-order chi connectivity index (χ1) is 14.6. The lowest BCUT2D eigenvalue weighted by molar-refractivity contribution is -0.149. The van der Waals surface area contributed by atoms with E-state index in [1.54, 1.807) is 0 Å². The molecule has 2 aliphatic carbocycles. The van der Waals surface area contributed by atoms with Crippen LogP contribution in [0, 0.1) is 11.8 Å². The van der Waals surface area contributed by atoms with Crippen LogP contribution >= 0.6 is 0 Å². The molecule has 30 heavy (non-hydrogen) atoms. The summed E-state index contributed by atoms with van der Waals surface area (Å²) in [5.41, 5.74) is 6.54. The van der Waals surface area contributed by atoms with Crippen LogP contribution in [-0.4, -0.2) is 29.7 Å². The number of hydrogen-bond acceptors (Lipinski definition) is 4. The second kappa shape index (κ2) is 9.07. The van der Waals surface area contributed by atoms with Crippen LogP contribution in [0.3, 0.4) is 0 Å². The Morgan fingerprint density at radius 1 is 0.867 bits per heavy atom. The average Bonchev–Trinajstić information content (AvgIpc) is 3.07. The standard InChI is InChI=1S/C25H31NO4/c1-3-29-24(27)18-11-13-22-21(14-18)20-12-10-19(25(28)30-4-2)15-23(20)26(22)16-17-8-6-5-7-9-17/h5-9,18-19H,3-4,10-16H2,1-2H3. The number of carbonyl (C=O) groups excluding carboxylic acids is 2. The number of carbonyl (C=O) groups is 2. The second-order valence-corrected chi connectivity index (χ2v) is 8.31. The Balaban J connectivity index is 1.69. The molecule has 5 nitrogen and oxygen atoms in total. The van der Waals surface area contributed by atoms with Gasteiger partial charge in [-0.2, -0.15) is 0 Å². The first-order valence-electron chi connectivity index (χ1n) is 11.2. The van der Waals surface area contributed by atoms with Crippen molar-refractivity contribution >= 4 is 11.9 Å². The molecule has 2 aliphatic rings. The number of fused-ring (bicyclic) bond motifs is 3. The molecule has 2 atom stereocenters. The minimum atomic E-state index is -0.0852. The largest absolute Gasteiger partial charge is 0.466 e. The van der Waals surface area contributed by atoms with Gasteiger partial charge in [-0.05, 0) is 62.6 Å². The number of esters is 2. The molecule has 160 valence electrons. The van der Waals surface area contributed by atoms with E-state index in [9.17, 15) is 9.59 Å². The molecule has 1 heterocycles. The number of aromatic nitrogens is 1. The van der Waals surface area contributed by atoms with Crippen LogP contribution in [0.25, 0.3) is 0 Å². The smallest absolute Gasteiger partial charge is 0.309 e. The fourth-order valence-corrected chi connectivity index (χ4v) is 5.09. The Kier molecular flexibility index (Phi) is 6.26. The lowest BCUT2D eigenvalue weighted by Gasteiger charge is -2.24. The third-order valence-corrected chi connectivity index (χ3v) is 6.50. The van der Waals surface area contributed by atoms with Gasteiger partial charge in [-0.15, -0.1) is 0 Å². The molecule has 1 aromatic carbocycles. The van der Waals surface area contributed by atoms with Gasteiger partial charge in [0.05, 0.1) is 25.0 Å². The molecule has 1 aromatic heterocycles. The van der Waals surface area contributed by atoms with E-state index in [0.717, 1.165) is 45.1 Å². The Bertz CT molecular complexity index is 915. The third-order valence-electron chi connectivity index (χ3n) is 6.50. The van der Waals surface area contributed by atoms with Gasteiger partial charge in [-0.25, -0.2) is 0 Å². The number of benzene rings is 1. The Hall–Kier alpha value is -2.56. The van der Waals surface area contributed by atoms with Gasteiger partial charge in [0.1, 0.15) is 0 Å². The van der Waals surface area contributed by atoms with E-state index >= 15 is 0 Å². The van der Waals surface area contributed by atoms with Crippen LogP contribution in [0.15, 0.2) is 30.3 Å². The maximum Gasteiger partial charge on any atom is 0.309 e. The second-order valence-electron chi connectivity index (χ2n) is 8.31. The quantitative estimate of drug-likeness (QED) is 0.680. The van der Waals surface area contributed by atoms with Crippen molar-refractivity contribution in [3.63, 3.8) is 0 Å². The van der Waals surface area contributed by atoms with Gasteiger partial charge in [-0.3, -0.25) is 9.59 Å². The summed E-state index contributed by atoms with van der Waals surface area (Å²) in [6, 6.07) is 10.5. The zero-order chi connectivity index (χ0) is 21.1. The van der Waals surface area contributed by atoms with Crippen molar-refractivity contribution in [1.82, 2.24) is 4.57 Å². The van der Waals surface area contributed by atoms with Crippen molar-refractivity contribution in [2.75, 3.05) is 13.2 Å². The van der Waals surface area contributed by atoms with Crippen molar-refractivity contribution in [2.45, 2.75) is 58.9 Å². The minimum Gasteiger partial charge on any atom is -0.466 e. The van der Waals surface area contributed by atoms with Crippen LogP contribution in [0.2, 0.25) is 0 Å². The van der Waals surface area contributed by atoms with Crippen molar-refractivity contribution in [3.05, 3.63) is 58.4 Å². The molecule has 0 amide bonds.